The maximum absolute atomic E-state index is 13.0. The minimum atomic E-state index is -0.676. The van der Waals surface area contributed by atoms with Gasteiger partial charge in [0, 0.05) is 31.7 Å². The largest absolute Gasteiger partial charge is 0.489 e. The average molecular weight is 478 g/mol. The van der Waals surface area contributed by atoms with Crippen molar-refractivity contribution in [2.24, 2.45) is 0 Å². The van der Waals surface area contributed by atoms with E-state index in [1.807, 2.05) is 32.0 Å². The first-order chi connectivity index (χ1) is 17.0. The molecule has 3 heterocycles. The van der Waals surface area contributed by atoms with Crippen molar-refractivity contribution in [2.45, 2.75) is 26.6 Å². The third kappa shape index (κ3) is 4.80. The summed E-state index contributed by atoms with van der Waals surface area (Å²) < 4.78 is 22.5. The fourth-order valence-electron chi connectivity index (χ4n) is 4.21. The maximum atomic E-state index is 13.0. The van der Waals surface area contributed by atoms with E-state index >= 15 is 0 Å². The summed E-state index contributed by atoms with van der Waals surface area (Å²) in [6, 6.07) is 14.4. The first-order valence-electron chi connectivity index (χ1n) is 11.6. The smallest absolute Gasteiger partial charge is 0.267 e. The van der Waals surface area contributed by atoms with Crippen molar-refractivity contribution in [3.63, 3.8) is 0 Å². The third-order valence-corrected chi connectivity index (χ3v) is 6.33. The van der Waals surface area contributed by atoms with Crippen molar-refractivity contribution in [2.75, 3.05) is 32.8 Å². The van der Waals surface area contributed by atoms with Crippen molar-refractivity contribution in [3.8, 4) is 17.2 Å². The van der Waals surface area contributed by atoms with Gasteiger partial charge < -0.3 is 28.5 Å². The number of benzene rings is 2. The van der Waals surface area contributed by atoms with Gasteiger partial charge in [-0.25, -0.2) is 0 Å². The van der Waals surface area contributed by atoms with Crippen LogP contribution in [0.5, 0.6) is 17.2 Å². The van der Waals surface area contributed by atoms with E-state index in [-0.39, 0.29) is 18.4 Å². The zero-order valence-corrected chi connectivity index (χ0v) is 19.7. The number of hydrogen-bond donors (Lipinski definition) is 0. The van der Waals surface area contributed by atoms with Gasteiger partial charge in [0.25, 0.3) is 11.8 Å². The predicted octanol–water partition coefficient (Wildman–Crippen LogP) is 2.99. The molecular formula is C26H27N3O6. The molecule has 1 saturated heterocycles. The zero-order valence-electron chi connectivity index (χ0n) is 19.7. The standard InChI is InChI=1S/C26H27N3O6/c1-17-21(18(2)35-27-17)15-32-20-9-7-19(8-10-20)25(30)28-11-13-29(14-12-28)26(31)24-16-33-22-5-3-4-6-23(22)34-24/h3-10,24H,11-16H2,1-2H3. The Labute approximate surface area is 203 Å². The number of nitrogens with zero attached hydrogens (tertiary/aromatic N) is 3. The van der Waals surface area contributed by atoms with Gasteiger partial charge in [0.1, 0.15) is 24.7 Å². The van der Waals surface area contributed by atoms with Crippen LogP contribution in [0.25, 0.3) is 0 Å². The summed E-state index contributed by atoms with van der Waals surface area (Å²) in [5.74, 6) is 2.43. The Hall–Kier alpha value is -4.01. The molecule has 5 rings (SSSR count). The fourth-order valence-corrected chi connectivity index (χ4v) is 4.21. The molecule has 182 valence electrons. The Kier molecular flexibility index (Phi) is 6.31. The molecule has 2 aromatic carbocycles. The minimum Gasteiger partial charge on any atom is -0.489 e. The van der Waals surface area contributed by atoms with Gasteiger partial charge in [-0.1, -0.05) is 17.3 Å². The van der Waals surface area contributed by atoms with Gasteiger partial charge >= 0.3 is 0 Å². The van der Waals surface area contributed by atoms with Crippen LogP contribution in [-0.4, -0.2) is 65.7 Å². The quantitative estimate of drug-likeness (QED) is 0.558. The molecule has 0 aliphatic carbocycles. The van der Waals surface area contributed by atoms with Crippen LogP contribution in [-0.2, 0) is 11.4 Å². The molecule has 2 amide bonds. The summed E-state index contributed by atoms with van der Waals surface area (Å²) in [4.78, 5) is 29.4. The highest BCUT2D eigenvalue weighted by atomic mass is 16.6. The van der Waals surface area contributed by atoms with Crippen LogP contribution in [0.4, 0.5) is 0 Å². The Morgan fingerprint density at radius 3 is 2.34 bits per heavy atom. The molecule has 2 aliphatic rings. The molecule has 0 spiro atoms. The van der Waals surface area contributed by atoms with E-state index in [1.165, 1.54) is 0 Å². The molecule has 0 saturated carbocycles. The minimum absolute atomic E-state index is 0.0689. The Morgan fingerprint density at radius 1 is 0.971 bits per heavy atom. The van der Waals surface area contributed by atoms with E-state index in [9.17, 15) is 9.59 Å². The van der Waals surface area contributed by atoms with Crippen molar-refractivity contribution >= 4 is 11.8 Å². The lowest BCUT2D eigenvalue weighted by Crippen LogP contribution is -2.55. The first-order valence-corrected chi connectivity index (χ1v) is 11.6. The van der Waals surface area contributed by atoms with Gasteiger partial charge in [0.05, 0.1) is 11.3 Å². The number of hydrogen-bond acceptors (Lipinski definition) is 7. The number of ether oxygens (including phenoxy) is 3. The Morgan fingerprint density at radius 2 is 1.66 bits per heavy atom. The van der Waals surface area contributed by atoms with E-state index in [1.54, 1.807) is 40.1 Å². The van der Waals surface area contributed by atoms with Crippen molar-refractivity contribution < 1.29 is 28.3 Å². The van der Waals surface area contributed by atoms with Gasteiger partial charge in [0.2, 0.25) is 6.10 Å². The molecule has 0 radical (unpaired) electrons. The second-order valence-corrected chi connectivity index (χ2v) is 8.60. The highest BCUT2D eigenvalue weighted by Gasteiger charge is 2.33. The number of carbonyl (C=O) groups is 2. The van der Waals surface area contributed by atoms with Gasteiger partial charge in [-0.15, -0.1) is 0 Å². The van der Waals surface area contributed by atoms with Crippen LogP contribution in [0.3, 0.4) is 0 Å². The predicted molar refractivity (Wildman–Crippen MR) is 126 cm³/mol. The number of fused-ring (bicyclic) bond motifs is 1. The van der Waals surface area contributed by atoms with Crippen LogP contribution in [0.15, 0.2) is 53.1 Å². The molecular weight excluding hydrogens is 450 g/mol. The molecule has 35 heavy (non-hydrogen) atoms. The van der Waals surface area contributed by atoms with E-state index in [0.29, 0.717) is 55.6 Å². The van der Waals surface area contributed by atoms with Crippen molar-refractivity contribution in [1.29, 1.82) is 0 Å². The number of aryl methyl sites for hydroxylation is 2. The lowest BCUT2D eigenvalue weighted by atomic mass is 10.1. The molecule has 0 N–H and O–H groups in total. The van der Waals surface area contributed by atoms with Gasteiger partial charge in [0.15, 0.2) is 11.5 Å². The van der Waals surface area contributed by atoms with Gasteiger partial charge in [-0.2, -0.15) is 0 Å². The molecule has 3 aromatic rings. The average Bonchev–Trinajstić information content (AvgIpc) is 3.23. The molecule has 9 nitrogen and oxygen atoms in total. The van der Waals surface area contributed by atoms with Crippen LogP contribution in [0.2, 0.25) is 0 Å². The first kappa shape index (κ1) is 22.8. The van der Waals surface area contributed by atoms with E-state index < -0.39 is 6.10 Å². The van der Waals surface area contributed by atoms with Crippen LogP contribution < -0.4 is 14.2 Å². The molecule has 0 bridgehead atoms. The summed E-state index contributed by atoms with van der Waals surface area (Å²) in [5.41, 5.74) is 2.31. The molecule has 1 fully saturated rings. The second kappa shape index (κ2) is 9.69. The normalized spacial score (nSPS) is 17.3. The van der Waals surface area contributed by atoms with Crippen molar-refractivity contribution in [1.82, 2.24) is 15.0 Å². The van der Waals surface area contributed by atoms with E-state index in [0.717, 1.165) is 17.0 Å². The zero-order chi connectivity index (χ0) is 24.4. The highest BCUT2D eigenvalue weighted by Crippen LogP contribution is 2.31. The molecule has 1 aromatic heterocycles. The summed E-state index contributed by atoms with van der Waals surface area (Å²) in [7, 11) is 0. The number of rotatable bonds is 5. The van der Waals surface area contributed by atoms with Gasteiger partial charge in [-0.3, -0.25) is 9.59 Å². The molecule has 9 heteroatoms. The van der Waals surface area contributed by atoms with Crippen LogP contribution in [0.1, 0.15) is 27.4 Å². The number of para-hydroxylation sites is 2. The molecule has 1 atom stereocenters. The number of aromatic nitrogens is 1. The lowest BCUT2D eigenvalue weighted by Gasteiger charge is -2.37. The third-order valence-electron chi connectivity index (χ3n) is 6.33. The van der Waals surface area contributed by atoms with E-state index in [2.05, 4.69) is 5.16 Å². The van der Waals surface area contributed by atoms with Crippen molar-refractivity contribution in [3.05, 3.63) is 71.1 Å². The maximum Gasteiger partial charge on any atom is 0.267 e. The number of carbonyl (C=O) groups excluding carboxylic acids is 2. The fraction of sp³-hybridized carbons (Fsp3) is 0.346. The second-order valence-electron chi connectivity index (χ2n) is 8.60. The highest BCUT2D eigenvalue weighted by molar-refractivity contribution is 5.94. The number of piperazine rings is 1. The summed E-state index contributed by atoms with van der Waals surface area (Å²) in [6.45, 7) is 6.07. The summed E-state index contributed by atoms with van der Waals surface area (Å²) in [5, 5.41) is 3.93. The topological polar surface area (TPSA) is 94.3 Å². The van der Waals surface area contributed by atoms with Crippen LogP contribution in [0, 0.1) is 13.8 Å². The molecule has 1 unspecified atom stereocenters. The molecule has 2 aliphatic heterocycles. The summed E-state index contributed by atoms with van der Waals surface area (Å²) in [6.07, 6.45) is -0.676. The lowest BCUT2D eigenvalue weighted by molar-refractivity contribution is -0.142. The van der Waals surface area contributed by atoms with E-state index in [4.69, 9.17) is 18.7 Å². The Balaban J connectivity index is 1.12. The summed E-state index contributed by atoms with van der Waals surface area (Å²) >= 11 is 0. The van der Waals surface area contributed by atoms with Gasteiger partial charge in [-0.05, 0) is 50.2 Å². The van der Waals surface area contributed by atoms with Crippen LogP contribution >= 0.6 is 0 Å². The number of amides is 2. The Bertz CT molecular complexity index is 1190. The SMILES string of the molecule is Cc1noc(C)c1COc1ccc(C(=O)N2CCN(C(=O)C3COc4ccccc4O3)CC2)cc1. The monoisotopic (exact) mass is 477 g/mol.